The van der Waals surface area contributed by atoms with E-state index in [0.29, 0.717) is 90.0 Å². The van der Waals surface area contributed by atoms with Crippen LogP contribution in [0.5, 0.6) is 0 Å². The van der Waals surface area contributed by atoms with Gasteiger partial charge in [-0.1, -0.05) is 38.5 Å². The van der Waals surface area contributed by atoms with E-state index in [4.69, 9.17) is 52.0 Å². The number of β-amino-alcohol motifs (C(OH)–C–C–N with tert-alkyl or cyclic N) is 1. The van der Waals surface area contributed by atoms with Crippen molar-refractivity contribution < 1.29 is 160 Å². The minimum absolute atomic E-state index is 0.00266. The molecule has 0 aromatic carbocycles. The van der Waals surface area contributed by atoms with Gasteiger partial charge in [-0.2, -0.15) is 0 Å². The highest BCUT2D eigenvalue weighted by Gasteiger charge is 2.49. The summed E-state index contributed by atoms with van der Waals surface area (Å²) in [5.41, 5.74) is 0. The van der Waals surface area contributed by atoms with Gasteiger partial charge in [0.25, 0.3) is 0 Å². The number of amides is 11. The van der Waals surface area contributed by atoms with Crippen molar-refractivity contribution in [1.82, 2.24) is 57.7 Å². The Bertz CT molecular complexity index is 3240. The van der Waals surface area contributed by atoms with E-state index in [1.165, 1.54) is 25.7 Å². The number of aliphatic hydroxyl groups excluding tert-OH is 10. The van der Waals surface area contributed by atoms with Gasteiger partial charge < -0.3 is 151 Å². The summed E-state index contributed by atoms with van der Waals surface area (Å²) in [7, 11) is -2.83. The summed E-state index contributed by atoms with van der Waals surface area (Å²) in [4.78, 5) is 153. The maximum Gasteiger partial charge on any atom is 0.694 e. The highest BCUT2D eigenvalue weighted by molar-refractivity contribution is 7.32. The molecule has 20 N–H and O–H groups in total. The molecule has 5 fully saturated rings. The van der Waals surface area contributed by atoms with Crippen LogP contribution < -0.4 is 47.9 Å². The van der Waals surface area contributed by atoms with Crippen molar-refractivity contribution in [1.29, 1.82) is 0 Å². The molecule has 21 atom stereocenters. The molecule has 5 aliphatic heterocycles. The van der Waals surface area contributed by atoms with Gasteiger partial charge in [0.1, 0.15) is 91.9 Å². The molecule has 126 heavy (non-hydrogen) atoms. The molecular formula is C81H143N11O33P+. The van der Waals surface area contributed by atoms with Crippen molar-refractivity contribution in [2.45, 2.75) is 323 Å². The first-order valence-electron chi connectivity index (χ1n) is 44.5. The lowest BCUT2D eigenvalue weighted by Crippen LogP contribution is -2.64. The van der Waals surface area contributed by atoms with E-state index in [2.05, 4.69) is 47.9 Å². The van der Waals surface area contributed by atoms with E-state index in [1.54, 1.807) is 4.90 Å². The Morgan fingerprint density at radius 3 is 1.07 bits per heavy atom. The second-order valence-electron chi connectivity index (χ2n) is 32.3. The van der Waals surface area contributed by atoms with Crippen molar-refractivity contribution in [3.05, 3.63) is 0 Å². The molecule has 5 aliphatic rings. The van der Waals surface area contributed by atoms with Crippen LogP contribution >= 0.6 is 8.25 Å². The lowest BCUT2D eigenvalue weighted by atomic mass is 9.97. The molecule has 0 radical (unpaired) electrons. The Kier molecular flexibility index (Phi) is 54.7. The molecule has 45 heteroatoms. The Morgan fingerprint density at radius 2 is 0.714 bits per heavy atom. The number of ether oxygens (including phenoxy) is 9. The molecule has 0 bridgehead atoms. The minimum Gasteiger partial charge on any atom is -0.394 e. The van der Waals surface area contributed by atoms with Crippen LogP contribution in [0, 0.1) is 0 Å². The fourth-order valence-corrected chi connectivity index (χ4v) is 15.4. The van der Waals surface area contributed by atoms with E-state index >= 15 is 0 Å². The summed E-state index contributed by atoms with van der Waals surface area (Å²) < 4.78 is 69.5. The number of unbranched alkanes of at least 4 members (excludes halogenated alkanes) is 10. The lowest BCUT2D eigenvalue weighted by Gasteiger charge is -2.42. The molecule has 11 amide bonds. The maximum absolute atomic E-state index is 14.3. The van der Waals surface area contributed by atoms with E-state index in [-0.39, 0.29) is 204 Å². The van der Waals surface area contributed by atoms with Gasteiger partial charge in [-0.05, 0) is 89.9 Å². The summed E-state index contributed by atoms with van der Waals surface area (Å²) >= 11 is 0. The quantitative estimate of drug-likeness (QED) is 0.0202. The second-order valence-corrected chi connectivity index (χ2v) is 33.0. The monoisotopic (exact) mass is 1830 g/mol. The molecule has 5 rings (SSSR count). The average Bonchev–Trinajstić information content (AvgIpc) is 0.928. The van der Waals surface area contributed by atoms with Gasteiger partial charge in [0, 0.05) is 155 Å². The highest BCUT2D eigenvalue weighted by atomic mass is 31.1. The predicted molar refractivity (Wildman–Crippen MR) is 444 cm³/mol. The minimum atomic E-state index is -2.83. The third-order valence-electron chi connectivity index (χ3n) is 22.0. The molecule has 0 aromatic rings. The molecule has 0 aliphatic carbocycles. The lowest BCUT2D eigenvalue weighted by molar-refractivity contribution is -0.270. The van der Waals surface area contributed by atoms with Crippen LogP contribution in [-0.2, 0) is 104 Å². The zero-order valence-corrected chi connectivity index (χ0v) is 73.9. The second kappa shape index (κ2) is 62.7. The van der Waals surface area contributed by atoms with Crippen LogP contribution in [0.4, 0.5) is 0 Å². The molecular weight excluding hydrogens is 1690 g/mol. The normalized spacial score (nSPS) is 27.0. The zero-order chi connectivity index (χ0) is 92.3. The van der Waals surface area contributed by atoms with Crippen molar-refractivity contribution in [2.24, 2.45) is 0 Å². The van der Waals surface area contributed by atoms with Crippen molar-refractivity contribution in [3.8, 4) is 0 Å². The molecule has 5 saturated heterocycles. The fourth-order valence-electron chi connectivity index (χ4n) is 15.1. The van der Waals surface area contributed by atoms with Crippen LogP contribution in [0.1, 0.15) is 201 Å². The largest absolute Gasteiger partial charge is 0.694 e. The highest BCUT2D eigenvalue weighted by Crippen LogP contribution is 2.29. The third kappa shape index (κ3) is 42.5. The van der Waals surface area contributed by atoms with Gasteiger partial charge >= 0.3 is 8.25 Å². The Hall–Kier alpha value is -6.57. The third-order valence-corrected chi connectivity index (χ3v) is 22.3. The number of nitrogens with one attached hydrogen (secondary N) is 9. The van der Waals surface area contributed by atoms with Gasteiger partial charge in [0.15, 0.2) is 18.9 Å². The van der Waals surface area contributed by atoms with Crippen molar-refractivity contribution in [2.75, 3.05) is 125 Å². The van der Waals surface area contributed by atoms with Crippen LogP contribution in [0.25, 0.3) is 0 Å². The molecule has 0 saturated carbocycles. The standard InChI is InChI=1S/C81H142N11O33P/c1-51(96)88-69-75(111)72(108)58(47-93)123-79(69)119-38-15-12-23-61(100)82-31-19-34-85-64(103)28-41-116-56-22-18-37-91(67(106)26-10-8-6-4-5-7-9-11-27-68(107)92-45-55(99)44-54(92)50-122-126(114)115)46-57(117-42-29-65(104)86-35-20-32-83-62(101)24-13-16-39-120-80-70(89-52(2)97)76(112)73(109)59(48-94)124-80)78(56)118-43-30-66(105)87-36-21-33-84-63(102)25-14-17-40-121-81-71(90-53(3)98)77(113)74(110)60(49-95)125-81/h54-60,69-81,93-95,99,108-113H,4-50H2,1-3H3,(H9-,82,83,84,85,86,87,88,89,90,96,97,98,100,101,102,103,104,105,114,115)/p+1/t54-,55+,56+,57-,58+,59+,60+,69+,70+,71+,72-,73-,74-,75+,76+,77+,78-,79+,80+,81+/m0/s1. The molecule has 0 spiro atoms. The number of likely N-dealkylation sites (tertiary alicyclic amines) is 2. The van der Waals surface area contributed by atoms with E-state index in [0.717, 1.165) is 38.5 Å². The smallest absolute Gasteiger partial charge is 0.394 e. The average molecular weight is 1830 g/mol. The van der Waals surface area contributed by atoms with E-state index in [1.807, 2.05) is 0 Å². The summed E-state index contributed by atoms with van der Waals surface area (Å²) in [5.74, 6) is -3.69. The first kappa shape index (κ1) is 110. The van der Waals surface area contributed by atoms with Gasteiger partial charge in [-0.3, -0.25) is 52.7 Å². The summed E-state index contributed by atoms with van der Waals surface area (Å²) in [6.45, 7) is 3.24. The number of carbonyl (C=O) groups excluding carboxylic acids is 11. The zero-order valence-electron chi connectivity index (χ0n) is 73.0. The molecule has 1 unspecified atom stereocenters. The van der Waals surface area contributed by atoms with Crippen LogP contribution in [-0.4, -0.2) is 378 Å². The SMILES string of the molecule is CC(=O)N[C@H]1[C@H](OCCCCC(=O)NCCCNC(=O)CCO[C@@H]2[C@@H](OCCC(=O)NCCCNC(=O)CCCCO[C@@H]3O[C@H](CO)[C@H](O)[C@H](O)[C@H]3NC(C)=O)CN(C(=O)CCCCCCCCCCC(=O)N3C[C@H](O)C[C@H]3CO[P+](=O)O)CCC[C@H]2OCCC(=O)NCCCNC(=O)CCCCO[C@@H]2O[C@H](CO)[C@H](O)[C@H](O)[C@H]2NC(C)=O)O[C@H](CO)[C@H](O)[C@@H]1O. The number of hydrogen-bond donors (Lipinski definition) is 20. The van der Waals surface area contributed by atoms with Gasteiger partial charge in [-0.15, -0.1) is 9.42 Å². The number of nitrogens with zero attached hydrogens (tertiary/aromatic N) is 2. The number of carbonyl (C=O) groups is 11. The van der Waals surface area contributed by atoms with Crippen LogP contribution in [0.3, 0.4) is 0 Å². The first-order chi connectivity index (χ1) is 60.4. The van der Waals surface area contributed by atoms with Crippen molar-refractivity contribution in [3.63, 3.8) is 0 Å². The first-order valence-corrected chi connectivity index (χ1v) is 45.6. The van der Waals surface area contributed by atoms with Crippen molar-refractivity contribution >= 4 is 73.2 Å². The Balaban J connectivity index is 1.15. The van der Waals surface area contributed by atoms with Gasteiger partial charge in [-0.25, -0.2) is 0 Å². The van der Waals surface area contributed by atoms with Gasteiger partial charge in [0.05, 0.1) is 57.9 Å². The molecule has 5 heterocycles. The number of aliphatic hydroxyl groups is 10. The predicted octanol–water partition coefficient (Wildman–Crippen LogP) is -4.28. The summed E-state index contributed by atoms with van der Waals surface area (Å²) in [5, 5.41) is 126. The Morgan fingerprint density at radius 1 is 0.381 bits per heavy atom. The molecule has 724 valence electrons. The topological polar surface area (TPSA) is 634 Å². The number of hydrogen-bond acceptors (Lipinski definition) is 32. The Labute approximate surface area is 736 Å². The fraction of sp³-hybridized carbons (Fsp3) is 0.864. The summed E-state index contributed by atoms with van der Waals surface area (Å²) in [6, 6.07) is -3.79. The molecule has 0 aromatic heterocycles. The maximum atomic E-state index is 14.3. The van der Waals surface area contributed by atoms with E-state index < -0.39 is 168 Å². The summed E-state index contributed by atoms with van der Waals surface area (Å²) in [6.07, 6.45) is -7.86. The van der Waals surface area contributed by atoms with E-state index in [9.17, 15) is 108 Å². The van der Waals surface area contributed by atoms with Gasteiger partial charge in [0.2, 0.25) is 65.0 Å². The van der Waals surface area contributed by atoms with Crippen LogP contribution in [0.15, 0.2) is 0 Å². The molecule has 44 nitrogen and oxygen atoms in total. The van der Waals surface area contributed by atoms with Crippen LogP contribution in [0.2, 0.25) is 0 Å². The number of rotatable bonds is 62.